The molecule has 2 aromatic rings. The van der Waals surface area contributed by atoms with E-state index in [1.165, 1.54) is 6.21 Å². The van der Waals surface area contributed by atoms with Crippen LogP contribution in [0.4, 0.5) is 0 Å². The van der Waals surface area contributed by atoms with Gasteiger partial charge in [0.25, 0.3) is 0 Å². The molecule has 0 heterocycles. The smallest absolute Gasteiger partial charge is 0.127 e. The average Bonchev–Trinajstić information content (AvgIpc) is 2.41. The van der Waals surface area contributed by atoms with Crippen LogP contribution in [-0.4, -0.2) is 18.0 Å². The Labute approximate surface area is 100.0 Å². The number of hydrogen-bond acceptors (Lipinski definition) is 3. The van der Waals surface area contributed by atoms with E-state index in [4.69, 9.17) is 9.94 Å². The fourth-order valence-electron chi connectivity index (χ4n) is 1.61. The van der Waals surface area contributed by atoms with Crippen molar-refractivity contribution in [3.05, 3.63) is 54.6 Å². The van der Waals surface area contributed by atoms with Gasteiger partial charge in [-0.05, 0) is 11.6 Å². The maximum Gasteiger partial charge on any atom is 0.127 e. The van der Waals surface area contributed by atoms with Crippen LogP contribution in [0.2, 0.25) is 0 Å². The summed E-state index contributed by atoms with van der Waals surface area (Å²) in [6, 6.07) is 17.8. The third-order valence-corrected chi connectivity index (χ3v) is 2.37. The van der Waals surface area contributed by atoms with Gasteiger partial charge in [0.15, 0.2) is 0 Å². The molecule has 0 saturated carbocycles. The van der Waals surface area contributed by atoms with Crippen LogP contribution < -0.4 is 4.74 Å². The minimum absolute atomic E-state index is 0.250. The van der Waals surface area contributed by atoms with Gasteiger partial charge in [0, 0.05) is 5.56 Å². The summed E-state index contributed by atoms with van der Waals surface area (Å²) >= 11 is 0. The Morgan fingerprint density at radius 3 is 2.47 bits per heavy atom. The second-order valence-corrected chi connectivity index (χ2v) is 3.47. The molecule has 0 aliphatic heterocycles. The molecule has 0 saturated heterocycles. The normalized spacial score (nSPS) is 10.6. The van der Waals surface area contributed by atoms with Gasteiger partial charge in [-0.3, -0.25) is 0 Å². The largest absolute Gasteiger partial charge is 0.487 e. The first-order valence-corrected chi connectivity index (χ1v) is 5.35. The fourth-order valence-corrected chi connectivity index (χ4v) is 1.61. The molecule has 2 rings (SSSR count). The highest BCUT2D eigenvalue weighted by atomic mass is 16.5. The van der Waals surface area contributed by atoms with Crippen molar-refractivity contribution in [3.8, 4) is 16.9 Å². The van der Waals surface area contributed by atoms with Crippen LogP contribution in [0.5, 0.6) is 5.75 Å². The Hall–Kier alpha value is -2.29. The van der Waals surface area contributed by atoms with Gasteiger partial charge in [0.2, 0.25) is 0 Å². The van der Waals surface area contributed by atoms with Gasteiger partial charge >= 0.3 is 0 Å². The second kappa shape index (κ2) is 5.70. The van der Waals surface area contributed by atoms with Crippen LogP contribution in [0.15, 0.2) is 59.8 Å². The van der Waals surface area contributed by atoms with E-state index >= 15 is 0 Å². The molecule has 0 spiro atoms. The van der Waals surface area contributed by atoms with Gasteiger partial charge in [-0.15, -0.1) is 0 Å². The van der Waals surface area contributed by atoms with E-state index in [2.05, 4.69) is 5.16 Å². The molecule has 2 aromatic carbocycles. The number of ether oxygens (including phenoxy) is 1. The van der Waals surface area contributed by atoms with Crippen molar-refractivity contribution in [2.45, 2.75) is 0 Å². The van der Waals surface area contributed by atoms with Crippen molar-refractivity contribution in [3.63, 3.8) is 0 Å². The van der Waals surface area contributed by atoms with Crippen LogP contribution in [0, 0.1) is 0 Å². The summed E-state index contributed by atoms with van der Waals surface area (Å²) in [5.74, 6) is 0.776. The number of rotatable bonds is 4. The number of para-hydroxylation sites is 1. The lowest BCUT2D eigenvalue weighted by Gasteiger charge is -2.09. The molecule has 0 unspecified atom stereocenters. The van der Waals surface area contributed by atoms with Crippen molar-refractivity contribution >= 4 is 6.21 Å². The van der Waals surface area contributed by atoms with Crippen LogP contribution >= 0.6 is 0 Å². The van der Waals surface area contributed by atoms with Crippen molar-refractivity contribution < 1.29 is 9.94 Å². The summed E-state index contributed by atoms with van der Waals surface area (Å²) in [6.07, 6.45) is 1.31. The number of hydrogen-bond donors (Lipinski definition) is 1. The molecule has 0 radical (unpaired) electrons. The topological polar surface area (TPSA) is 41.8 Å². The van der Waals surface area contributed by atoms with E-state index in [0.717, 1.165) is 16.9 Å². The van der Waals surface area contributed by atoms with Gasteiger partial charge < -0.3 is 9.94 Å². The van der Waals surface area contributed by atoms with E-state index in [0.29, 0.717) is 0 Å². The Kier molecular flexibility index (Phi) is 3.76. The van der Waals surface area contributed by atoms with Gasteiger partial charge in [-0.2, -0.15) is 0 Å². The highest BCUT2D eigenvalue weighted by molar-refractivity contribution is 5.70. The molecule has 0 amide bonds. The zero-order valence-corrected chi connectivity index (χ0v) is 9.28. The third-order valence-electron chi connectivity index (χ3n) is 2.37. The third kappa shape index (κ3) is 2.84. The molecule has 0 aliphatic rings. The molecular formula is C14H13NO2. The Morgan fingerprint density at radius 1 is 1.00 bits per heavy atom. The zero-order valence-electron chi connectivity index (χ0n) is 9.28. The van der Waals surface area contributed by atoms with E-state index in [9.17, 15) is 0 Å². The highest BCUT2D eigenvalue weighted by Crippen LogP contribution is 2.29. The molecule has 0 bridgehead atoms. The molecular weight excluding hydrogens is 214 g/mol. The first-order valence-electron chi connectivity index (χ1n) is 5.35. The molecule has 1 N–H and O–H groups in total. The zero-order chi connectivity index (χ0) is 11.9. The maximum absolute atomic E-state index is 8.32. The van der Waals surface area contributed by atoms with Crippen LogP contribution in [0.1, 0.15) is 0 Å². The molecule has 0 aromatic heterocycles. The number of nitrogens with zero attached hydrogens (tertiary/aromatic N) is 1. The van der Waals surface area contributed by atoms with E-state index in [1.54, 1.807) is 0 Å². The summed E-state index contributed by atoms with van der Waals surface area (Å²) in [5, 5.41) is 11.2. The van der Waals surface area contributed by atoms with Crippen molar-refractivity contribution in [1.82, 2.24) is 0 Å². The Balaban J connectivity index is 2.28. The molecule has 3 heteroatoms. The minimum Gasteiger partial charge on any atom is -0.487 e. The van der Waals surface area contributed by atoms with E-state index < -0.39 is 0 Å². The van der Waals surface area contributed by atoms with Gasteiger partial charge in [-0.1, -0.05) is 53.7 Å². The first kappa shape index (κ1) is 11.2. The predicted molar refractivity (Wildman–Crippen MR) is 67.7 cm³/mol. The number of oxime groups is 1. The molecule has 3 nitrogen and oxygen atoms in total. The van der Waals surface area contributed by atoms with Crippen LogP contribution in [-0.2, 0) is 0 Å². The van der Waals surface area contributed by atoms with Crippen LogP contribution in [0.3, 0.4) is 0 Å². The first-order chi connectivity index (χ1) is 8.42. The Morgan fingerprint density at radius 2 is 1.71 bits per heavy atom. The van der Waals surface area contributed by atoms with Crippen molar-refractivity contribution in [2.75, 3.05) is 6.61 Å². The Bertz CT molecular complexity index is 495. The summed E-state index contributed by atoms with van der Waals surface area (Å²) in [4.78, 5) is 0. The molecule has 17 heavy (non-hydrogen) atoms. The van der Waals surface area contributed by atoms with Gasteiger partial charge in [0.1, 0.15) is 12.4 Å². The van der Waals surface area contributed by atoms with E-state index in [-0.39, 0.29) is 6.61 Å². The quantitative estimate of drug-likeness (QED) is 0.495. The number of benzene rings is 2. The summed E-state index contributed by atoms with van der Waals surface area (Å²) < 4.78 is 5.52. The maximum atomic E-state index is 8.32. The van der Waals surface area contributed by atoms with Gasteiger partial charge in [-0.25, -0.2) is 0 Å². The minimum atomic E-state index is 0.250. The van der Waals surface area contributed by atoms with Crippen molar-refractivity contribution in [1.29, 1.82) is 0 Å². The standard InChI is InChI=1S/C14H13NO2/c16-15-10-11-17-14-9-5-4-8-13(14)12-6-2-1-3-7-12/h1-10,16H,11H2/b15-10+. The average molecular weight is 227 g/mol. The lowest BCUT2D eigenvalue weighted by atomic mass is 10.1. The summed E-state index contributed by atoms with van der Waals surface area (Å²) in [5.41, 5.74) is 2.13. The van der Waals surface area contributed by atoms with Crippen molar-refractivity contribution in [2.24, 2.45) is 5.16 Å². The monoisotopic (exact) mass is 227 g/mol. The lowest BCUT2D eigenvalue weighted by Crippen LogP contribution is -1.99. The lowest BCUT2D eigenvalue weighted by molar-refractivity contribution is 0.312. The summed E-state index contributed by atoms with van der Waals surface area (Å²) in [7, 11) is 0. The highest BCUT2D eigenvalue weighted by Gasteiger charge is 2.04. The SMILES string of the molecule is O/N=C/COc1ccccc1-c1ccccc1. The molecule has 86 valence electrons. The van der Waals surface area contributed by atoms with Gasteiger partial charge in [0.05, 0.1) is 6.21 Å². The van der Waals surface area contributed by atoms with Crippen LogP contribution in [0.25, 0.3) is 11.1 Å². The second-order valence-electron chi connectivity index (χ2n) is 3.47. The summed E-state index contributed by atoms with van der Waals surface area (Å²) in [6.45, 7) is 0.250. The predicted octanol–water partition coefficient (Wildman–Crippen LogP) is 3.19. The van der Waals surface area contributed by atoms with E-state index in [1.807, 2.05) is 54.6 Å². The fraction of sp³-hybridized carbons (Fsp3) is 0.0714. The molecule has 0 fully saturated rings. The molecule has 0 atom stereocenters. The molecule has 0 aliphatic carbocycles.